The Morgan fingerprint density at radius 3 is 2.32 bits per heavy atom. The molecule has 0 saturated carbocycles. The van der Waals surface area contributed by atoms with Crippen LogP contribution in [-0.4, -0.2) is 40.0 Å². The smallest absolute Gasteiger partial charge is 0.261 e. The first-order valence-electron chi connectivity index (χ1n) is 8.03. The summed E-state index contributed by atoms with van der Waals surface area (Å²) in [6, 6.07) is 11.1. The Kier molecular flexibility index (Phi) is 4.03. The molecule has 25 heavy (non-hydrogen) atoms. The van der Waals surface area contributed by atoms with Crippen molar-refractivity contribution in [3.8, 4) is 0 Å². The summed E-state index contributed by atoms with van der Waals surface area (Å²) in [5.74, 6) is -0.467. The SMILES string of the molecule is Cc1nnc(CNCCN2C(=O)c3cccc4cccc(c34)C2=O)s1. The minimum Gasteiger partial charge on any atom is -0.309 e. The summed E-state index contributed by atoms with van der Waals surface area (Å²) < 4.78 is 0. The summed E-state index contributed by atoms with van der Waals surface area (Å²) in [5.41, 5.74) is 1.18. The highest BCUT2D eigenvalue weighted by Gasteiger charge is 2.32. The predicted molar refractivity (Wildman–Crippen MR) is 95.7 cm³/mol. The number of carbonyl (C=O) groups is 2. The molecule has 6 nitrogen and oxygen atoms in total. The lowest BCUT2D eigenvalue weighted by molar-refractivity contribution is 0.0612. The number of benzene rings is 2. The molecule has 0 atom stereocenters. The molecular formula is C18H16N4O2S. The molecule has 1 N–H and O–H groups in total. The van der Waals surface area contributed by atoms with Gasteiger partial charge in [-0.1, -0.05) is 24.3 Å². The molecule has 1 aromatic heterocycles. The van der Waals surface area contributed by atoms with Crippen LogP contribution in [0, 0.1) is 6.92 Å². The van der Waals surface area contributed by atoms with Crippen molar-refractivity contribution in [2.24, 2.45) is 0 Å². The average molecular weight is 352 g/mol. The largest absolute Gasteiger partial charge is 0.309 e. The molecule has 0 radical (unpaired) electrons. The number of amides is 2. The molecule has 0 saturated heterocycles. The van der Waals surface area contributed by atoms with E-state index >= 15 is 0 Å². The zero-order chi connectivity index (χ0) is 17.4. The number of nitrogens with one attached hydrogen (secondary N) is 1. The Balaban J connectivity index is 1.50. The van der Waals surface area contributed by atoms with E-state index in [4.69, 9.17) is 0 Å². The molecule has 1 aliphatic heterocycles. The van der Waals surface area contributed by atoms with E-state index in [-0.39, 0.29) is 11.8 Å². The summed E-state index contributed by atoms with van der Waals surface area (Å²) in [6.07, 6.45) is 0. The summed E-state index contributed by atoms with van der Waals surface area (Å²) in [4.78, 5) is 26.8. The molecule has 2 aromatic carbocycles. The zero-order valence-electron chi connectivity index (χ0n) is 13.7. The highest BCUT2D eigenvalue weighted by Crippen LogP contribution is 2.29. The maximum absolute atomic E-state index is 12.7. The third kappa shape index (κ3) is 2.81. The highest BCUT2D eigenvalue weighted by atomic mass is 32.1. The van der Waals surface area contributed by atoms with Gasteiger partial charge in [-0.2, -0.15) is 0 Å². The maximum atomic E-state index is 12.7. The molecule has 2 amide bonds. The quantitative estimate of drug-likeness (QED) is 0.564. The van der Waals surface area contributed by atoms with Gasteiger partial charge in [-0.3, -0.25) is 14.5 Å². The summed E-state index contributed by atoms with van der Waals surface area (Å²) in [7, 11) is 0. The number of hydrogen-bond acceptors (Lipinski definition) is 6. The van der Waals surface area contributed by atoms with Gasteiger partial charge < -0.3 is 5.32 Å². The molecule has 0 bridgehead atoms. The van der Waals surface area contributed by atoms with Crippen LogP contribution in [0.3, 0.4) is 0 Å². The van der Waals surface area contributed by atoms with Crippen LogP contribution in [-0.2, 0) is 6.54 Å². The van der Waals surface area contributed by atoms with Crippen molar-refractivity contribution in [2.45, 2.75) is 13.5 Å². The van der Waals surface area contributed by atoms with Crippen LogP contribution in [0.2, 0.25) is 0 Å². The van der Waals surface area contributed by atoms with E-state index in [1.165, 1.54) is 16.2 Å². The first kappa shape index (κ1) is 15.9. The number of hydrogen-bond donors (Lipinski definition) is 1. The van der Waals surface area contributed by atoms with E-state index in [1.54, 1.807) is 12.1 Å². The molecular weight excluding hydrogens is 336 g/mol. The second kappa shape index (κ2) is 6.34. The maximum Gasteiger partial charge on any atom is 0.261 e. The van der Waals surface area contributed by atoms with Gasteiger partial charge in [-0.15, -0.1) is 21.5 Å². The zero-order valence-corrected chi connectivity index (χ0v) is 14.5. The lowest BCUT2D eigenvalue weighted by Gasteiger charge is -2.27. The van der Waals surface area contributed by atoms with Crippen molar-refractivity contribution in [3.63, 3.8) is 0 Å². The van der Waals surface area contributed by atoms with Gasteiger partial charge in [0.1, 0.15) is 10.0 Å². The topological polar surface area (TPSA) is 75.2 Å². The number of rotatable bonds is 5. The molecule has 126 valence electrons. The van der Waals surface area contributed by atoms with Crippen molar-refractivity contribution in [2.75, 3.05) is 13.1 Å². The number of imide groups is 1. The molecule has 0 fully saturated rings. The molecule has 1 aliphatic rings. The van der Waals surface area contributed by atoms with Crippen LogP contribution >= 0.6 is 11.3 Å². The van der Waals surface area contributed by atoms with Gasteiger partial charge in [0.2, 0.25) is 0 Å². The molecule has 2 heterocycles. The lowest BCUT2D eigenvalue weighted by Crippen LogP contribution is -2.43. The van der Waals surface area contributed by atoms with Crippen molar-refractivity contribution < 1.29 is 9.59 Å². The molecule has 0 aliphatic carbocycles. The summed E-state index contributed by atoms with van der Waals surface area (Å²) in [5, 5.41) is 14.7. The van der Waals surface area contributed by atoms with E-state index in [0.29, 0.717) is 30.8 Å². The first-order chi connectivity index (χ1) is 12.1. The van der Waals surface area contributed by atoms with Gasteiger partial charge in [-0.05, 0) is 24.4 Å². The molecule has 4 rings (SSSR count). The van der Waals surface area contributed by atoms with Gasteiger partial charge in [0, 0.05) is 36.1 Å². The fourth-order valence-corrected chi connectivity index (χ4v) is 3.76. The Morgan fingerprint density at radius 1 is 1.04 bits per heavy atom. The number of aryl methyl sites for hydroxylation is 1. The van der Waals surface area contributed by atoms with Gasteiger partial charge in [0.15, 0.2) is 0 Å². The van der Waals surface area contributed by atoms with Crippen molar-refractivity contribution in [1.29, 1.82) is 0 Å². The van der Waals surface area contributed by atoms with Gasteiger partial charge in [-0.25, -0.2) is 0 Å². The molecule has 7 heteroatoms. The lowest BCUT2D eigenvalue weighted by atomic mass is 9.94. The average Bonchev–Trinajstić information content (AvgIpc) is 3.04. The van der Waals surface area contributed by atoms with E-state index in [9.17, 15) is 9.59 Å². The van der Waals surface area contributed by atoms with Crippen LogP contribution in [0.4, 0.5) is 0 Å². The number of nitrogens with zero attached hydrogens (tertiary/aromatic N) is 3. The second-order valence-corrected chi connectivity index (χ2v) is 7.13. The number of carbonyl (C=O) groups excluding carboxylic acids is 2. The second-order valence-electron chi connectivity index (χ2n) is 5.86. The van der Waals surface area contributed by atoms with Gasteiger partial charge >= 0.3 is 0 Å². The molecule has 0 unspecified atom stereocenters. The van der Waals surface area contributed by atoms with Crippen molar-refractivity contribution >= 4 is 33.9 Å². The fraction of sp³-hybridized carbons (Fsp3) is 0.222. The third-order valence-electron chi connectivity index (χ3n) is 4.21. The van der Waals surface area contributed by atoms with Crippen molar-refractivity contribution in [3.05, 3.63) is 57.5 Å². The molecule has 3 aromatic rings. The Morgan fingerprint density at radius 2 is 1.72 bits per heavy atom. The van der Waals surface area contributed by atoms with E-state index in [2.05, 4.69) is 15.5 Å². The van der Waals surface area contributed by atoms with Gasteiger partial charge in [0.25, 0.3) is 11.8 Å². The minimum absolute atomic E-state index is 0.233. The predicted octanol–water partition coefficient (Wildman–Crippen LogP) is 2.39. The van der Waals surface area contributed by atoms with Crippen molar-refractivity contribution in [1.82, 2.24) is 20.4 Å². The van der Waals surface area contributed by atoms with E-state index in [0.717, 1.165) is 20.8 Å². The minimum atomic E-state index is -0.233. The normalized spacial score (nSPS) is 13.7. The van der Waals surface area contributed by atoms with Gasteiger partial charge in [0.05, 0.1) is 0 Å². The first-order valence-corrected chi connectivity index (χ1v) is 8.84. The Labute approximate surface area is 148 Å². The van der Waals surface area contributed by atoms with Crippen LogP contribution < -0.4 is 5.32 Å². The highest BCUT2D eigenvalue weighted by molar-refractivity contribution is 7.11. The third-order valence-corrected chi connectivity index (χ3v) is 5.05. The van der Waals surface area contributed by atoms with E-state index < -0.39 is 0 Å². The fourth-order valence-electron chi connectivity index (χ4n) is 3.08. The monoisotopic (exact) mass is 352 g/mol. The molecule has 0 spiro atoms. The number of aromatic nitrogens is 2. The van der Waals surface area contributed by atoms with E-state index in [1.807, 2.05) is 31.2 Å². The summed E-state index contributed by atoms with van der Waals surface area (Å²) >= 11 is 1.53. The van der Waals surface area contributed by atoms with Crippen LogP contribution in [0.5, 0.6) is 0 Å². The standard InChI is InChI=1S/C18H16N4O2S/c1-11-20-21-15(25-11)10-19-8-9-22-17(23)13-6-2-4-12-5-3-7-14(16(12)13)18(22)24/h2-7,19H,8-10H2,1H3. The van der Waals surface area contributed by atoms with Crippen LogP contribution in [0.1, 0.15) is 30.7 Å². The Hall–Kier alpha value is -2.64. The summed E-state index contributed by atoms with van der Waals surface area (Å²) in [6.45, 7) is 3.31. The Bertz CT molecular complexity index is 931. The van der Waals surface area contributed by atoms with Crippen LogP contribution in [0.15, 0.2) is 36.4 Å². The van der Waals surface area contributed by atoms with Crippen LogP contribution in [0.25, 0.3) is 10.8 Å².